The molecule has 1 N–H and O–H groups in total. The van der Waals surface area contributed by atoms with E-state index in [9.17, 15) is 9.59 Å². The van der Waals surface area contributed by atoms with E-state index >= 15 is 0 Å². The van der Waals surface area contributed by atoms with E-state index in [1.54, 1.807) is 17.9 Å². The van der Waals surface area contributed by atoms with Crippen molar-refractivity contribution in [2.24, 2.45) is 0 Å². The molecule has 8 nitrogen and oxygen atoms in total. The summed E-state index contributed by atoms with van der Waals surface area (Å²) in [5, 5.41) is 8.36. The summed E-state index contributed by atoms with van der Waals surface area (Å²) in [5.41, 5.74) is 3.40. The molecule has 2 aromatic heterocycles. The fraction of sp³-hybridized carbons (Fsp3) is 0.240. The van der Waals surface area contributed by atoms with Gasteiger partial charge >= 0.3 is 0 Å². The van der Waals surface area contributed by atoms with Crippen LogP contribution in [0, 0.1) is 0 Å². The maximum Gasteiger partial charge on any atom is 0.243 e. The molecule has 0 saturated heterocycles. The van der Waals surface area contributed by atoms with Gasteiger partial charge in [0.1, 0.15) is 11.4 Å². The van der Waals surface area contributed by atoms with Crippen molar-refractivity contribution in [2.45, 2.75) is 30.5 Å². The summed E-state index contributed by atoms with van der Waals surface area (Å²) in [6, 6.07) is 17.4. The number of aromatic nitrogens is 4. The number of carbonyl (C=O) groups excluding carboxylic acids is 2. The Bertz CT molecular complexity index is 1310. The van der Waals surface area contributed by atoms with Gasteiger partial charge < -0.3 is 10.2 Å². The van der Waals surface area contributed by atoms with Gasteiger partial charge in [0.2, 0.25) is 11.8 Å². The monoisotopic (exact) mass is 474 g/mol. The minimum atomic E-state index is -0.445. The second kappa shape index (κ2) is 10.5. The predicted octanol–water partition coefficient (Wildman–Crippen LogP) is 3.96. The topological polar surface area (TPSA) is 93.0 Å². The van der Waals surface area contributed by atoms with Gasteiger partial charge in [-0.05, 0) is 37.1 Å². The third-order valence-electron chi connectivity index (χ3n) is 5.40. The summed E-state index contributed by atoms with van der Waals surface area (Å²) in [5.74, 6) is -0.395. The van der Waals surface area contributed by atoms with Crippen molar-refractivity contribution >= 4 is 40.3 Å². The van der Waals surface area contributed by atoms with Crippen LogP contribution in [0.5, 0.6) is 0 Å². The summed E-state index contributed by atoms with van der Waals surface area (Å²) < 4.78 is 1.75. The zero-order valence-corrected chi connectivity index (χ0v) is 20.1. The Kier molecular flexibility index (Phi) is 7.22. The number of rotatable bonds is 8. The van der Waals surface area contributed by atoms with Crippen LogP contribution in [0.25, 0.3) is 16.7 Å². The first-order valence-corrected chi connectivity index (χ1v) is 11.9. The Morgan fingerprint density at radius 3 is 2.59 bits per heavy atom. The van der Waals surface area contributed by atoms with Gasteiger partial charge in [-0.1, -0.05) is 55.1 Å². The zero-order valence-electron chi connectivity index (χ0n) is 19.3. The van der Waals surface area contributed by atoms with Crippen molar-refractivity contribution < 1.29 is 9.59 Å². The van der Waals surface area contributed by atoms with Crippen LogP contribution in [0.3, 0.4) is 0 Å². The maximum atomic E-state index is 13.0. The van der Waals surface area contributed by atoms with Crippen molar-refractivity contribution in [2.75, 3.05) is 18.9 Å². The van der Waals surface area contributed by atoms with Crippen LogP contribution in [-0.2, 0) is 16.0 Å². The number of fused-ring (bicyclic) bond motifs is 1. The minimum Gasteiger partial charge on any atom is -0.335 e. The Labute approximate surface area is 202 Å². The van der Waals surface area contributed by atoms with Gasteiger partial charge in [0.05, 0.1) is 29.1 Å². The standard InChI is InChI=1S/C25H26N6O2S/c1-4-18-10-8-9-13-21(18)29-22(32)15-30(3)25(33)17(2)34-24-20-14-28-31(23(20)26-16-27-24)19-11-6-5-7-12-19/h5-14,16-17H,4,15H2,1-3H3,(H,29,32). The highest BCUT2D eigenvalue weighted by Gasteiger charge is 2.23. The lowest BCUT2D eigenvalue weighted by molar-refractivity contribution is -0.132. The van der Waals surface area contributed by atoms with Crippen molar-refractivity contribution in [3.63, 3.8) is 0 Å². The molecule has 0 aliphatic rings. The van der Waals surface area contributed by atoms with Gasteiger partial charge in [-0.25, -0.2) is 14.6 Å². The molecule has 0 bridgehead atoms. The third kappa shape index (κ3) is 5.09. The van der Waals surface area contributed by atoms with E-state index in [0.717, 1.165) is 28.7 Å². The van der Waals surface area contributed by atoms with Crippen LogP contribution in [0.4, 0.5) is 5.69 Å². The van der Waals surface area contributed by atoms with Crippen molar-refractivity contribution in [1.82, 2.24) is 24.6 Å². The summed E-state index contributed by atoms with van der Waals surface area (Å²) in [6.45, 7) is 3.81. The fourth-order valence-electron chi connectivity index (χ4n) is 3.64. The van der Waals surface area contributed by atoms with Gasteiger partial charge in [0, 0.05) is 12.7 Å². The summed E-state index contributed by atoms with van der Waals surface area (Å²) in [7, 11) is 1.63. The number of thioether (sulfide) groups is 1. The minimum absolute atomic E-state index is 0.0348. The van der Waals surface area contributed by atoms with Gasteiger partial charge in [0.15, 0.2) is 5.65 Å². The van der Waals surface area contributed by atoms with Crippen LogP contribution >= 0.6 is 11.8 Å². The van der Waals surface area contributed by atoms with Crippen molar-refractivity contribution in [3.05, 3.63) is 72.7 Å². The van der Waals surface area contributed by atoms with Crippen LogP contribution in [0.1, 0.15) is 19.4 Å². The summed E-state index contributed by atoms with van der Waals surface area (Å²) in [6.07, 6.45) is 4.00. The molecule has 0 aliphatic carbocycles. The van der Waals surface area contributed by atoms with E-state index in [4.69, 9.17) is 0 Å². The number of nitrogens with zero attached hydrogens (tertiary/aromatic N) is 5. The fourth-order valence-corrected chi connectivity index (χ4v) is 4.63. The second-order valence-corrected chi connectivity index (χ2v) is 9.15. The highest BCUT2D eigenvalue weighted by molar-refractivity contribution is 8.00. The Balaban J connectivity index is 1.43. The number of hydrogen-bond donors (Lipinski definition) is 1. The molecular formula is C25H26N6O2S. The van der Waals surface area contributed by atoms with Crippen molar-refractivity contribution in [3.8, 4) is 5.69 Å². The van der Waals surface area contributed by atoms with Crippen molar-refractivity contribution in [1.29, 1.82) is 0 Å². The smallest absolute Gasteiger partial charge is 0.243 e. The molecule has 2 aromatic carbocycles. The molecule has 0 saturated carbocycles. The molecular weight excluding hydrogens is 448 g/mol. The van der Waals surface area contributed by atoms with Gasteiger partial charge in [-0.3, -0.25) is 9.59 Å². The van der Waals surface area contributed by atoms with E-state index in [1.165, 1.54) is 23.0 Å². The molecule has 0 radical (unpaired) electrons. The molecule has 0 fully saturated rings. The quantitative estimate of drug-likeness (QED) is 0.307. The molecule has 34 heavy (non-hydrogen) atoms. The SMILES string of the molecule is CCc1ccccc1NC(=O)CN(C)C(=O)C(C)Sc1ncnc2c1cnn2-c1ccccc1. The zero-order chi connectivity index (χ0) is 24.1. The number of likely N-dealkylation sites (N-methyl/N-ethyl adjacent to an activating group) is 1. The third-order valence-corrected chi connectivity index (χ3v) is 6.50. The number of hydrogen-bond acceptors (Lipinski definition) is 6. The summed E-state index contributed by atoms with van der Waals surface area (Å²) in [4.78, 5) is 35.7. The average molecular weight is 475 g/mol. The van der Waals surface area contributed by atoms with Gasteiger partial charge in [-0.15, -0.1) is 0 Å². The van der Waals surface area contributed by atoms with Crippen LogP contribution < -0.4 is 5.32 Å². The van der Waals surface area contributed by atoms with E-state index in [0.29, 0.717) is 10.7 Å². The lowest BCUT2D eigenvalue weighted by Gasteiger charge is -2.21. The lowest BCUT2D eigenvalue weighted by Crippen LogP contribution is -2.39. The molecule has 174 valence electrons. The van der Waals surface area contributed by atoms with Crippen LogP contribution in [0.15, 0.2) is 72.1 Å². The van der Waals surface area contributed by atoms with E-state index in [1.807, 2.05) is 68.4 Å². The Hall–Kier alpha value is -3.72. The number of anilines is 1. The first-order valence-electron chi connectivity index (χ1n) is 11.0. The van der Waals surface area contributed by atoms with E-state index < -0.39 is 5.25 Å². The molecule has 4 aromatic rings. The Morgan fingerprint density at radius 1 is 1.09 bits per heavy atom. The molecule has 2 amide bonds. The molecule has 1 atom stereocenters. The maximum absolute atomic E-state index is 13.0. The molecule has 0 spiro atoms. The molecule has 2 heterocycles. The highest BCUT2D eigenvalue weighted by atomic mass is 32.2. The van der Waals surface area contributed by atoms with Gasteiger partial charge in [0.25, 0.3) is 0 Å². The van der Waals surface area contributed by atoms with Gasteiger partial charge in [-0.2, -0.15) is 5.10 Å². The largest absolute Gasteiger partial charge is 0.335 e. The number of carbonyl (C=O) groups is 2. The normalized spacial score (nSPS) is 11.9. The number of amides is 2. The number of aryl methyl sites for hydroxylation is 1. The Morgan fingerprint density at radius 2 is 1.82 bits per heavy atom. The average Bonchev–Trinajstić information content (AvgIpc) is 3.29. The number of para-hydroxylation sites is 2. The molecule has 9 heteroatoms. The second-order valence-electron chi connectivity index (χ2n) is 7.82. The molecule has 1 unspecified atom stereocenters. The number of nitrogens with one attached hydrogen (secondary N) is 1. The highest BCUT2D eigenvalue weighted by Crippen LogP contribution is 2.29. The lowest BCUT2D eigenvalue weighted by atomic mass is 10.1. The van der Waals surface area contributed by atoms with E-state index in [-0.39, 0.29) is 18.4 Å². The van der Waals surface area contributed by atoms with Crippen LogP contribution in [0.2, 0.25) is 0 Å². The number of benzene rings is 2. The predicted molar refractivity (Wildman–Crippen MR) is 134 cm³/mol. The van der Waals surface area contributed by atoms with E-state index in [2.05, 4.69) is 20.4 Å². The van der Waals surface area contributed by atoms with Crippen LogP contribution in [-0.4, -0.2) is 55.3 Å². The molecule has 0 aliphatic heterocycles. The molecule has 4 rings (SSSR count). The summed E-state index contributed by atoms with van der Waals surface area (Å²) >= 11 is 1.33. The first kappa shape index (κ1) is 23.4. The first-order chi connectivity index (χ1) is 16.5.